The van der Waals surface area contributed by atoms with Crippen molar-refractivity contribution in [3.8, 4) is 17.0 Å². The summed E-state index contributed by atoms with van der Waals surface area (Å²) in [6, 6.07) is 9.10. The highest BCUT2D eigenvalue weighted by atomic mass is 16.4. The van der Waals surface area contributed by atoms with E-state index in [1.807, 2.05) is 30.3 Å². The molecule has 0 saturated heterocycles. The highest BCUT2D eigenvalue weighted by molar-refractivity contribution is 5.98. The minimum atomic E-state index is -1.24. The fraction of sp³-hybridized carbons (Fsp3) is 0.350. The van der Waals surface area contributed by atoms with Gasteiger partial charge in [0.1, 0.15) is 17.9 Å². The van der Waals surface area contributed by atoms with E-state index in [2.05, 4.69) is 17.2 Å². The molecular formula is C20H24N2O5. The molecule has 2 rings (SSSR count). The molecule has 0 saturated carbocycles. The summed E-state index contributed by atoms with van der Waals surface area (Å²) in [6.07, 6.45) is 4.36. The predicted octanol–water partition coefficient (Wildman–Crippen LogP) is 2.68. The maximum Gasteiger partial charge on any atom is 0.322 e. The molecule has 0 aliphatic carbocycles. The van der Waals surface area contributed by atoms with E-state index in [9.17, 15) is 19.5 Å². The number of unbranched alkanes of at least 4 members (excludes halogenated alkanes) is 3. The zero-order valence-electron chi connectivity index (χ0n) is 15.2. The fourth-order valence-corrected chi connectivity index (χ4v) is 2.91. The number of aromatic amines is 1. The average molecular weight is 372 g/mol. The Labute approximate surface area is 157 Å². The van der Waals surface area contributed by atoms with Gasteiger partial charge in [-0.1, -0.05) is 56.5 Å². The minimum Gasteiger partial charge on any atom is -0.507 e. The van der Waals surface area contributed by atoms with Crippen LogP contribution in [0.4, 0.5) is 0 Å². The summed E-state index contributed by atoms with van der Waals surface area (Å²) in [4.78, 5) is 38.0. The van der Waals surface area contributed by atoms with Crippen molar-refractivity contribution in [3.05, 3.63) is 51.8 Å². The van der Waals surface area contributed by atoms with Crippen LogP contribution in [0.5, 0.6) is 5.75 Å². The summed E-state index contributed by atoms with van der Waals surface area (Å²) in [5.74, 6) is -2.54. The van der Waals surface area contributed by atoms with E-state index in [1.54, 1.807) is 0 Å². The molecular weight excluding hydrogens is 348 g/mol. The van der Waals surface area contributed by atoms with Gasteiger partial charge in [0.05, 0.1) is 5.69 Å². The number of H-pyrrole nitrogens is 1. The molecule has 0 aliphatic heterocycles. The van der Waals surface area contributed by atoms with Crippen molar-refractivity contribution in [2.45, 2.75) is 39.0 Å². The molecule has 1 heterocycles. The molecule has 1 aromatic heterocycles. The fourth-order valence-electron chi connectivity index (χ4n) is 2.91. The molecule has 7 nitrogen and oxygen atoms in total. The first kappa shape index (κ1) is 20.2. The molecule has 0 atom stereocenters. The van der Waals surface area contributed by atoms with Crippen LogP contribution in [0.15, 0.2) is 35.1 Å². The second-order valence-corrected chi connectivity index (χ2v) is 6.28. The van der Waals surface area contributed by atoms with Crippen LogP contribution in [-0.4, -0.2) is 33.6 Å². The summed E-state index contributed by atoms with van der Waals surface area (Å²) in [6.45, 7) is 1.46. The second-order valence-electron chi connectivity index (χ2n) is 6.28. The Hall–Kier alpha value is -3.09. The largest absolute Gasteiger partial charge is 0.507 e. The number of pyridine rings is 1. The summed E-state index contributed by atoms with van der Waals surface area (Å²) in [5, 5.41) is 21.5. The van der Waals surface area contributed by atoms with Crippen LogP contribution in [0.25, 0.3) is 11.3 Å². The number of nitrogens with one attached hydrogen (secondary N) is 2. The first-order chi connectivity index (χ1) is 13.0. The van der Waals surface area contributed by atoms with Crippen LogP contribution in [-0.2, 0) is 11.2 Å². The van der Waals surface area contributed by atoms with Crippen molar-refractivity contribution in [1.29, 1.82) is 0 Å². The van der Waals surface area contributed by atoms with Crippen LogP contribution in [0.2, 0.25) is 0 Å². The number of carboxylic acid groups (broad SMARTS) is 1. The number of carbonyl (C=O) groups is 2. The van der Waals surface area contributed by atoms with E-state index in [1.165, 1.54) is 0 Å². The second kappa shape index (κ2) is 9.56. The Kier molecular flexibility index (Phi) is 7.16. The van der Waals surface area contributed by atoms with Gasteiger partial charge in [0.2, 0.25) is 0 Å². The number of hydrogen-bond acceptors (Lipinski definition) is 4. The number of aromatic hydroxyl groups is 1. The Morgan fingerprint density at radius 3 is 2.44 bits per heavy atom. The maximum absolute atomic E-state index is 12.4. The number of amides is 1. The number of rotatable bonds is 9. The van der Waals surface area contributed by atoms with Gasteiger partial charge in [-0.15, -0.1) is 0 Å². The zero-order chi connectivity index (χ0) is 19.8. The first-order valence-corrected chi connectivity index (χ1v) is 8.99. The van der Waals surface area contributed by atoms with Gasteiger partial charge < -0.3 is 20.5 Å². The van der Waals surface area contributed by atoms with Crippen molar-refractivity contribution >= 4 is 11.9 Å². The van der Waals surface area contributed by atoms with Crippen LogP contribution < -0.4 is 10.9 Å². The molecule has 0 fully saturated rings. The van der Waals surface area contributed by atoms with E-state index < -0.39 is 35.3 Å². The molecule has 2 aromatic rings. The van der Waals surface area contributed by atoms with Gasteiger partial charge in [0, 0.05) is 5.56 Å². The molecule has 144 valence electrons. The monoisotopic (exact) mass is 372 g/mol. The van der Waals surface area contributed by atoms with Gasteiger partial charge in [0.15, 0.2) is 0 Å². The summed E-state index contributed by atoms with van der Waals surface area (Å²) < 4.78 is 0. The van der Waals surface area contributed by atoms with Crippen LogP contribution >= 0.6 is 0 Å². The van der Waals surface area contributed by atoms with Crippen LogP contribution in [0.1, 0.15) is 48.5 Å². The lowest BCUT2D eigenvalue weighted by Crippen LogP contribution is -2.34. The van der Waals surface area contributed by atoms with E-state index in [-0.39, 0.29) is 0 Å². The topological polar surface area (TPSA) is 119 Å². The van der Waals surface area contributed by atoms with E-state index in [4.69, 9.17) is 5.11 Å². The summed E-state index contributed by atoms with van der Waals surface area (Å²) in [7, 11) is 0. The number of carbonyl (C=O) groups excluding carboxylic acids is 1. The highest BCUT2D eigenvalue weighted by Gasteiger charge is 2.23. The lowest BCUT2D eigenvalue weighted by molar-refractivity contribution is -0.135. The maximum atomic E-state index is 12.4. The molecule has 0 aliphatic rings. The van der Waals surface area contributed by atoms with Gasteiger partial charge in [-0.2, -0.15) is 0 Å². The quantitative estimate of drug-likeness (QED) is 0.505. The Morgan fingerprint density at radius 2 is 1.81 bits per heavy atom. The summed E-state index contributed by atoms with van der Waals surface area (Å²) in [5.41, 5.74) is 0.475. The van der Waals surface area contributed by atoms with Gasteiger partial charge >= 0.3 is 5.97 Å². The zero-order valence-corrected chi connectivity index (χ0v) is 15.2. The third kappa shape index (κ3) is 5.20. The average Bonchev–Trinajstić information content (AvgIpc) is 2.65. The van der Waals surface area contributed by atoms with Crippen molar-refractivity contribution in [1.82, 2.24) is 10.3 Å². The molecule has 27 heavy (non-hydrogen) atoms. The lowest BCUT2D eigenvalue weighted by Gasteiger charge is -2.14. The summed E-state index contributed by atoms with van der Waals surface area (Å²) >= 11 is 0. The molecule has 0 bridgehead atoms. The van der Waals surface area contributed by atoms with Crippen molar-refractivity contribution in [3.63, 3.8) is 0 Å². The Morgan fingerprint density at radius 1 is 1.11 bits per heavy atom. The standard InChI is InChI=1S/C20H24N2O5/c1-2-3-4-8-11-14-17(13-9-6-5-7-10-13)22-20(27)16(18(14)25)19(26)21-12-15(23)24/h5-7,9-10H,2-4,8,11-12H2,1H3,(H,21,26)(H,23,24)(H2,22,25,27). The SMILES string of the molecule is CCCCCCc1c(-c2ccccc2)[nH]c(=O)c(C(=O)NCC(=O)O)c1O. The Balaban J connectivity index is 2.47. The predicted molar refractivity (Wildman–Crippen MR) is 102 cm³/mol. The first-order valence-electron chi connectivity index (χ1n) is 8.99. The normalized spacial score (nSPS) is 10.6. The van der Waals surface area contributed by atoms with Gasteiger partial charge in [-0.05, 0) is 18.4 Å². The third-order valence-electron chi connectivity index (χ3n) is 4.26. The number of carboxylic acids is 1. The molecule has 0 unspecified atom stereocenters. The smallest absolute Gasteiger partial charge is 0.322 e. The number of hydrogen-bond donors (Lipinski definition) is 4. The van der Waals surface area contributed by atoms with Gasteiger partial charge in [-0.25, -0.2) is 0 Å². The number of aromatic nitrogens is 1. The lowest BCUT2D eigenvalue weighted by atomic mass is 9.97. The van der Waals surface area contributed by atoms with Crippen LogP contribution in [0.3, 0.4) is 0 Å². The molecule has 4 N–H and O–H groups in total. The minimum absolute atomic E-state index is 0.392. The van der Waals surface area contributed by atoms with Gasteiger partial charge in [0.25, 0.3) is 11.5 Å². The molecule has 1 aromatic carbocycles. The molecule has 1 amide bonds. The van der Waals surface area contributed by atoms with Crippen molar-refractivity contribution in [2.75, 3.05) is 6.54 Å². The van der Waals surface area contributed by atoms with E-state index in [0.717, 1.165) is 31.2 Å². The number of benzene rings is 1. The molecule has 7 heteroatoms. The van der Waals surface area contributed by atoms with Crippen molar-refractivity contribution < 1.29 is 19.8 Å². The van der Waals surface area contributed by atoms with Crippen LogP contribution in [0, 0.1) is 0 Å². The Bertz CT molecular complexity index is 859. The van der Waals surface area contributed by atoms with Crippen molar-refractivity contribution in [2.24, 2.45) is 0 Å². The third-order valence-corrected chi connectivity index (χ3v) is 4.26. The molecule has 0 spiro atoms. The molecule has 0 radical (unpaired) electrons. The number of aliphatic carboxylic acids is 1. The van der Waals surface area contributed by atoms with E-state index >= 15 is 0 Å². The van der Waals surface area contributed by atoms with Gasteiger partial charge in [-0.3, -0.25) is 14.4 Å². The van der Waals surface area contributed by atoms with E-state index in [0.29, 0.717) is 17.7 Å². The highest BCUT2D eigenvalue weighted by Crippen LogP contribution is 2.30.